The average molecular weight is 308 g/mol. The molecule has 2 nitrogen and oxygen atoms in total. The van der Waals surface area contributed by atoms with Gasteiger partial charge in [0.2, 0.25) is 0 Å². The number of halogens is 2. The minimum Gasteiger partial charge on any atom is -0.368 e. The van der Waals surface area contributed by atoms with E-state index in [0.29, 0.717) is 18.2 Å². The Morgan fingerprint density at radius 1 is 1.19 bits per heavy atom. The quantitative estimate of drug-likeness (QED) is 0.821. The van der Waals surface area contributed by atoms with Crippen molar-refractivity contribution >= 4 is 11.6 Å². The van der Waals surface area contributed by atoms with E-state index in [1.807, 2.05) is 31.2 Å². The first-order chi connectivity index (χ1) is 10.2. The highest BCUT2D eigenvalue weighted by Gasteiger charge is 2.12. The van der Waals surface area contributed by atoms with Crippen LogP contribution in [0.4, 0.5) is 4.39 Å². The Morgan fingerprint density at radius 2 is 1.95 bits per heavy atom. The molecular weight excluding hydrogens is 289 g/mol. The van der Waals surface area contributed by atoms with Crippen LogP contribution in [0.25, 0.3) is 0 Å². The molecule has 1 unspecified atom stereocenters. The maximum Gasteiger partial charge on any atom is 0.123 e. The van der Waals surface area contributed by atoms with Crippen LogP contribution in [0.15, 0.2) is 48.5 Å². The highest BCUT2D eigenvalue weighted by atomic mass is 35.5. The maximum absolute atomic E-state index is 13.0. The molecule has 0 saturated carbocycles. The Morgan fingerprint density at radius 3 is 2.62 bits per heavy atom. The predicted molar refractivity (Wildman–Crippen MR) is 83.9 cm³/mol. The molecule has 2 aromatic rings. The maximum atomic E-state index is 13.0. The van der Waals surface area contributed by atoms with E-state index < -0.39 is 0 Å². The van der Waals surface area contributed by atoms with Crippen molar-refractivity contribution in [3.05, 3.63) is 70.5 Å². The molecule has 0 saturated heterocycles. The third-order valence-corrected chi connectivity index (χ3v) is 3.40. The van der Waals surface area contributed by atoms with E-state index >= 15 is 0 Å². The van der Waals surface area contributed by atoms with Crippen LogP contribution in [0.1, 0.15) is 24.2 Å². The molecule has 0 heterocycles. The second-order valence-electron chi connectivity index (χ2n) is 4.79. The molecule has 1 atom stereocenters. The topological polar surface area (TPSA) is 21.3 Å². The van der Waals surface area contributed by atoms with Crippen LogP contribution in [0.3, 0.4) is 0 Å². The van der Waals surface area contributed by atoms with Gasteiger partial charge in [-0.25, -0.2) is 4.39 Å². The molecule has 0 aliphatic rings. The molecular formula is C17H19ClFNO. The molecule has 0 aliphatic heterocycles. The van der Waals surface area contributed by atoms with Gasteiger partial charge >= 0.3 is 0 Å². The van der Waals surface area contributed by atoms with Crippen LogP contribution in [-0.4, -0.2) is 13.1 Å². The van der Waals surface area contributed by atoms with E-state index in [1.54, 1.807) is 12.1 Å². The highest BCUT2D eigenvalue weighted by molar-refractivity contribution is 6.30. The first-order valence-corrected chi connectivity index (χ1v) is 7.39. The Labute approximate surface area is 129 Å². The summed E-state index contributed by atoms with van der Waals surface area (Å²) in [5.41, 5.74) is 1.98. The predicted octanol–water partition coefficient (Wildman–Crippen LogP) is 4.35. The first kappa shape index (κ1) is 16.0. The van der Waals surface area contributed by atoms with Crippen molar-refractivity contribution < 1.29 is 9.13 Å². The summed E-state index contributed by atoms with van der Waals surface area (Å²) >= 11 is 5.97. The largest absolute Gasteiger partial charge is 0.368 e. The monoisotopic (exact) mass is 307 g/mol. The molecule has 2 rings (SSSR count). The SMILES string of the molecule is CCNCC(OCc1cccc(Cl)c1)c1ccc(F)cc1. The van der Waals surface area contributed by atoms with Crippen LogP contribution < -0.4 is 5.32 Å². The summed E-state index contributed by atoms with van der Waals surface area (Å²) in [6.45, 7) is 4.05. The number of rotatable bonds is 7. The van der Waals surface area contributed by atoms with E-state index in [1.165, 1.54) is 12.1 Å². The van der Waals surface area contributed by atoms with Crippen LogP contribution in [-0.2, 0) is 11.3 Å². The van der Waals surface area contributed by atoms with Crippen LogP contribution >= 0.6 is 11.6 Å². The van der Waals surface area contributed by atoms with Gasteiger partial charge in [-0.15, -0.1) is 0 Å². The fourth-order valence-corrected chi connectivity index (χ4v) is 2.26. The number of nitrogens with one attached hydrogen (secondary N) is 1. The van der Waals surface area contributed by atoms with Gasteiger partial charge in [0.05, 0.1) is 12.7 Å². The van der Waals surface area contributed by atoms with E-state index in [0.717, 1.165) is 17.7 Å². The third-order valence-electron chi connectivity index (χ3n) is 3.16. The smallest absolute Gasteiger partial charge is 0.123 e. The summed E-state index contributed by atoms with van der Waals surface area (Å²) < 4.78 is 19.0. The number of ether oxygens (including phenoxy) is 1. The van der Waals surface area contributed by atoms with E-state index in [4.69, 9.17) is 16.3 Å². The molecule has 0 fully saturated rings. The molecule has 4 heteroatoms. The zero-order chi connectivity index (χ0) is 15.1. The van der Waals surface area contributed by atoms with Gasteiger partial charge in [-0.2, -0.15) is 0 Å². The van der Waals surface area contributed by atoms with Crippen molar-refractivity contribution in [2.24, 2.45) is 0 Å². The number of benzene rings is 2. The fraction of sp³-hybridized carbons (Fsp3) is 0.294. The van der Waals surface area contributed by atoms with Gasteiger partial charge in [0, 0.05) is 11.6 Å². The van der Waals surface area contributed by atoms with Gasteiger partial charge in [-0.1, -0.05) is 42.8 Å². The van der Waals surface area contributed by atoms with Gasteiger partial charge < -0.3 is 10.1 Å². The minimum absolute atomic E-state index is 0.121. The Bertz CT molecular complexity index is 559. The van der Waals surface area contributed by atoms with Crippen molar-refractivity contribution in [1.82, 2.24) is 5.32 Å². The molecule has 0 aromatic heterocycles. The number of likely N-dealkylation sites (N-methyl/N-ethyl adjacent to an activating group) is 1. The molecule has 0 spiro atoms. The van der Waals surface area contributed by atoms with Crippen LogP contribution in [0, 0.1) is 5.82 Å². The van der Waals surface area contributed by atoms with Crippen molar-refractivity contribution in [2.75, 3.05) is 13.1 Å². The summed E-state index contributed by atoms with van der Waals surface area (Å²) in [5, 5.41) is 3.96. The van der Waals surface area contributed by atoms with Gasteiger partial charge in [0.15, 0.2) is 0 Å². The zero-order valence-corrected chi connectivity index (χ0v) is 12.7. The highest BCUT2D eigenvalue weighted by Crippen LogP contribution is 2.20. The summed E-state index contributed by atoms with van der Waals surface area (Å²) in [6, 6.07) is 14.0. The lowest BCUT2D eigenvalue weighted by Gasteiger charge is -2.19. The standard InChI is InChI=1S/C17H19ClFNO/c1-2-20-11-17(14-6-8-16(19)9-7-14)21-12-13-4-3-5-15(18)10-13/h3-10,17,20H,2,11-12H2,1H3. The van der Waals surface area contributed by atoms with E-state index in [9.17, 15) is 4.39 Å². The van der Waals surface area contributed by atoms with Crippen molar-refractivity contribution in [1.29, 1.82) is 0 Å². The van der Waals surface area contributed by atoms with Crippen LogP contribution in [0.2, 0.25) is 5.02 Å². The minimum atomic E-state index is -0.240. The van der Waals surface area contributed by atoms with E-state index in [2.05, 4.69) is 5.32 Å². The van der Waals surface area contributed by atoms with Gasteiger partial charge in [-0.05, 0) is 41.9 Å². The Balaban J connectivity index is 2.04. The Kier molecular flexibility index (Phi) is 6.18. The third kappa shape index (κ3) is 5.12. The van der Waals surface area contributed by atoms with Crippen molar-refractivity contribution in [3.8, 4) is 0 Å². The summed E-state index contributed by atoms with van der Waals surface area (Å²) in [5.74, 6) is -0.240. The summed E-state index contributed by atoms with van der Waals surface area (Å²) in [7, 11) is 0. The zero-order valence-electron chi connectivity index (χ0n) is 12.0. The lowest BCUT2D eigenvalue weighted by molar-refractivity contribution is 0.0401. The lowest BCUT2D eigenvalue weighted by Crippen LogP contribution is -2.23. The molecule has 0 aliphatic carbocycles. The molecule has 0 bridgehead atoms. The van der Waals surface area contributed by atoms with Crippen molar-refractivity contribution in [3.63, 3.8) is 0 Å². The normalized spacial score (nSPS) is 12.3. The molecule has 0 amide bonds. The Hall–Kier alpha value is -1.42. The van der Waals surface area contributed by atoms with Crippen molar-refractivity contribution in [2.45, 2.75) is 19.6 Å². The molecule has 1 N–H and O–H groups in total. The van der Waals surface area contributed by atoms with Gasteiger partial charge in [0.1, 0.15) is 5.82 Å². The molecule has 21 heavy (non-hydrogen) atoms. The van der Waals surface area contributed by atoms with Gasteiger partial charge in [-0.3, -0.25) is 0 Å². The lowest BCUT2D eigenvalue weighted by atomic mass is 10.1. The molecule has 2 aromatic carbocycles. The summed E-state index contributed by atoms with van der Waals surface area (Å²) in [6.07, 6.45) is -0.121. The van der Waals surface area contributed by atoms with Gasteiger partial charge in [0.25, 0.3) is 0 Å². The molecule has 112 valence electrons. The summed E-state index contributed by atoms with van der Waals surface area (Å²) in [4.78, 5) is 0. The van der Waals surface area contributed by atoms with Crippen LogP contribution in [0.5, 0.6) is 0 Å². The number of hydrogen-bond acceptors (Lipinski definition) is 2. The molecule has 0 radical (unpaired) electrons. The fourth-order valence-electron chi connectivity index (χ4n) is 2.05. The second kappa shape index (κ2) is 8.13. The van der Waals surface area contributed by atoms with E-state index in [-0.39, 0.29) is 11.9 Å². The first-order valence-electron chi connectivity index (χ1n) is 7.01. The second-order valence-corrected chi connectivity index (χ2v) is 5.23. The average Bonchev–Trinajstić information content (AvgIpc) is 2.49. The number of hydrogen-bond donors (Lipinski definition) is 1.